The highest BCUT2D eigenvalue weighted by atomic mass is 16.5. The zero-order chi connectivity index (χ0) is 23.4. The number of benzene rings is 2. The molecule has 2 aliphatic carbocycles. The Hall–Kier alpha value is -3.61. The van der Waals surface area contributed by atoms with Gasteiger partial charge in [0.05, 0.1) is 12.5 Å². The Kier molecular flexibility index (Phi) is 6.77. The number of nitrogens with one attached hydrogen (secondary N) is 2. The van der Waals surface area contributed by atoms with Crippen molar-refractivity contribution in [3.05, 3.63) is 71.8 Å². The van der Waals surface area contributed by atoms with Crippen LogP contribution in [0, 0.1) is 5.92 Å². The molecule has 3 N–H and O–H groups in total. The van der Waals surface area contributed by atoms with Gasteiger partial charge in [-0.25, -0.2) is 4.79 Å². The Morgan fingerprint density at radius 3 is 2.33 bits per heavy atom. The largest absolute Gasteiger partial charge is 0.481 e. The van der Waals surface area contributed by atoms with E-state index in [1.54, 1.807) is 6.92 Å². The standard InChI is InChI=1S/C26H28N2O5/c1-16(13-24(29)30)27-25(31)17-7-6-8-18(14-17)28-26(32)33-15-23-21-11-4-2-9-19(21)20-10-3-5-12-22(20)23/h2-6,8-12,16-18,23H,7,13-15H2,1H3,(H,27,31)(H,28,32)(H,29,30)/t16-,17-,18-/m1/s1. The third kappa shape index (κ3) is 5.25. The molecule has 0 aromatic heterocycles. The molecule has 0 saturated heterocycles. The lowest BCUT2D eigenvalue weighted by molar-refractivity contribution is -0.137. The number of fused-ring (bicyclic) bond motifs is 3. The van der Waals surface area contributed by atoms with Crippen molar-refractivity contribution in [1.82, 2.24) is 10.6 Å². The smallest absolute Gasteiger partial charge is 0.407 e. The highest BCUT2D eigenvalue weighted by Gasteiger charge is 2.30. The van der Waals surface area contributed by atoms with Crippen molar-refractivity contribution in [1.29, 1.82) is 0 Å². The van der Waals surface area contributed by atoms with E-state index in [9.17, 15) is 14.4 Å². The summed E-state index contributed by atoms with van der Waals surface area (Å²) in [4.78, 5) is 35.8. The minimum absolute atomic E-state index is 0.0145. The Morgan fingerprint density at radius 2 is 1.70 bits per heavy atom. The highest BCUT2D eigenvalue weighted by molar-refractivity contribution is 5.81. The second-order valence-electron chi connectivity index (χ2n) is 8.68. The van der Waals surface area contributed by atoms with Gasteiger partial charge in [0.2, 0.25) is 5.91 Å². The van der Waals surface area contributed by atoms with Crippen LogP contribution in [0.4, 0.5) is 4.79 Å². The normalized spacial score (nSPS) is 19.8. The minimum Gasteiger partial charge on any atom is -0.481 e. The number of amides is 2. The molecule has 0 unspecified atom stereocenters. The zero-order valence-corrected chi connectivity index (χ0v) is 18.5. The summed E-state index contributed by atoms with van der Waals surface area (Å²) >= 11 is 0. The molecule has 0 radical (unpaired) electrons. The van der Waals surface area contributed by atoms with Gasteiger partial charge in [0.25, 0.3) is 0 Å². The number of aliphatic carboxylic acids is 1. The molecule has 0 spiro atoms. The second kappa shape index (κ2) is 9.90. The third-order valence-electron chi connectivity index (χ3n) is 6.21. The van der Waals surface area contributed by atoms with E-state index in [1.165, 1.54) is 11.1 Å². The van der Waals surface area contributed by atoms with Crippen molar-refractivity contribution in [2.24, 2.45) is 5.92 Å². The van der Waals surface area contributed by atoms with Crippen LogP contribution in [0.2, 0.25) is 0 Å². The number of allylic oxidation sites excluding steroid dienone is 1. The topological polar surface area (TPSA) is 105 Å². The van der Waals surface area contributed by atoms with E-state index in [4.69, 9.17) is 9.84 Å². The van der Waals surface area contributed by atoms with Gasteiger partial charge < -0.3 is 20.5 Å². The molecule has 3 atom stereocenters. The van der Waals surface area contributed by atoms with Crippen molar-refractivity contribution >= 4 is 18.0 Å². The Balaban J connectivity index is 1.32. The Morgan fingerprint density at radius 1 is 1.06 bits per heavy atom. The van der Waals surface area contributed by atoms with Crippen LogP contribution in [-0.2, 0) is 14.3 Å². The van der Waals surface area contributed by atoms with Gasteiger partial charge in [-0.3, -0.25) is 9.59 Å². The minimum atomic E-state index is -0.957. The number of ether oxygens (including phenoxy) is 1. The maximum atomic E-state index is 12.5. The summed E-state index contributed by atoms with van der Waals surface area (Å²) in [7, 11) is 0. The summed E-state index contributed by atoms with van der Waals surface area (Å²) < 4.78 is 5.60. The van der Waals surface area contributed by atoms with Crippen LogP contribution >= 0.6 is 0 Å². The Labute approximate surface area is 192 Å². The second-order valence-corrected chi connectivity index (χ2v) is 8.68. The molecule has 2 aromatic rings. The molecule has 2 aliphatic rings. The van der Waals surface area contributed by atoms with Gasteiger partial charge in [-0.05, 0) is 42.0 Å². The fraction of sp³-hybridized carbons (Fsp3) is 0.346. The van der Waals surface area contributed by atoms with E-state index in [0.29, 0.717) is 12.8 Å². The van der Waals surface area contributed by atoms with Gasteiger partial charge in [-0.1, -0.05) is 60.7 Å². The van der Waals surface area contributed by atoms with E-state index in [0.717, 1.165) is 11.1 Å². The van der Waals surface area contributed by atoms with E-state index < -0.39 is 18.1 Å². The average molecular weight is 449 g/mol. The van der Waals surface area contributed by atoms with E-state index in [-0.39, 0.29) is 36.8 Å². The first-order valence-corrected chi connectivity index (χ1v) is 11.2. The predicted molar refractivity (Wildman–Crippen MR) is 124 cm³/mol. The van der Waals surface area contributed by atoms with Crippen molar-refractivity contribution in [2.75, 3.05) is 6.61 Å². The van der Waals surface area contributed by atoms with Crippen LogP contribution in [0.3, 0.4) is 0 Å². The van der Waals surface area contributed by atoms with Crippen molar-refractivity contribution in [3.63, 3.8) is 0 Å². The number of carbonyl (C=O) groups is 3. The summed E-state index contributed by atoms with van der Waals surface area (Å²) in [5, 5.41) is 14.4. The van der Waals surface area contributed by atoms with Crippen LogP contribution in [0.15, 0.2) is 60.7 Å². The Bertz CT molecular complexity index is 1030. The third-order valence-corrected chi connectivity index (χ3v) is 6.21. The molecule has 172 valence electrons. The predicted octanol–water partition coefficient (Wildman–Crippen LogP) is 3.84. The molecule has 33 heavy (non-hydrogen) atoms. The lowest BCUT2D eigenvalue weighted by atomic mass is 9.90. The van der Waals surface area contributed by atoms with E-state index in [1.807, 2.05) is 36.4 Å². The van der Waals surface area contributed by atoms with Gasteiger partial charge in [0.15, 0.2) is 0 Å². The van der Waals surface area contributed by atoms with Crippen molar-refractivity contribution < 1.29 is 24.2 Å². The SMILES string of the molecule is C[C@H](CC(=O)O)NC(=O)[C@@H]1CC=C[C@@H](NC(=O)OCC2c3ccccc3-c3ccccc32)C1. The number of hydrogen-bond acceptors (Lipinski definition) is 4. The molecule has 7 nitrogen and oxygen atoms in total. The molecule has 7 heteroatoms. The number of hydrogen-bond donors (Lipinski definition) is 3. The molecular weight excluding hydrogens is 420 g/mol. The number of carbonyl (C=O) groups excluding carboxylic acids is 2. The fourth-order valence-electron chi connectivity index (χ4n) is 4.67. The summed E-state index contributed by atoms with van der Waals surface area (Å²) in [6.45, 7) is 1.89. The molecule has 0 bridgehead atoms. The van der Waals surface area contributed by atoms with Crippen LogP contribution in [-0.4, -0.2) is 41.8 Å². The van der Waals surface area contributed by atoms with Crippen LogP contribution in [0.1, 0.15) is 43.2 Å². The molecule has 2 amide bonds. The zero-order valence-electron chi connectivity index (χ0n) is 18.5. The molecule has 0 heterocycles. The fourth-order valence-corrected chi connectivity index (χ4v) is 4.67. The molecule has 0 fully saturated rings. The highest BCUT2D eigenvalue weighted by Crippen LogP contribution is 2.44. The van der Waals surface area contributed by atoms with Crippen molar-refractivity contribution in [2.45, 2.75) is 44.2 Å². The monoisotopic (exact) mass is 448 g/mol. The van der Waals surface area contributed by atoms with E-state index >= 15 is 0 Å². The summed E-state index contributed by atoms with van der Waals surface area (Å²) in [6, 6.07) is 15.5. The first-order valence-electron chi connectivity index (χ1n) is 11.2. The lowest BCUT2D eigenvalue weighted by Crippen LogP contribution is -2.43. The summed E-state index contributed by atoms with van der Waals surface area (Å²) in [6.07, 6.45) is 4.07. The van der Waals surface area contributed by atoms with Gasteiger partial charge in [-0.2, -0.15) is 0 Å². The van der Waals surface area contributed by atoms with Crippen molar-refractivity contribution in [3.8, 4) is 11.1 Å². The van der Waals surface area contributed by atoms with Gasteiger partial charge in [0, 0.05) is 17.9 Å². The first kappa shape index (κ1) is 22.6. The molecule has 0 saturated carbocycles. The van der Waals surface area contributed by atoms with Gasteiger partial charge in [-0.15, -0.1) is 0 Å². The first-order chi connectivity index (χ1) is 15.9. The molecule has 0 aliphatic heterocycles. The van der Waals surface area contributed by atoms with E-state index in [2.05, 4.69) is 34.9 Å². The molecular formula is C26H28N2O5. The van der Waals surface area contributed by atoms with Crippen LogP contribution in [0.25, 0.3) is 11.1 Å². The average Bonchev–Trinajstić information content (AvgIpc) is 3.11. The lowest BCUT2D eigenvalue weighted by Gasteiger charge is -2.26. The maximum absolute atomic E-state index is 12.5. The van der Waals surface area contributed by atoms with Gasteiger partial charge in [0.1, 0.15) is 6.61 Å². The quantitative estimate of drug-likeness (QED) is 0.558. The summed E-state index contributed by atoms with van der Waals surface area (Å²) in [5.74, 6) is -1.50. The number of carboxylic acids is 1. The number of carboxylic acid groups (broad SMARTS) is 1. The molecule has 2 aromatic carbocycles. The number of alkyl carbamates (subject to hydrolysis) is 1. The van der Waals surface area contributed by atoms with Gasteiger partial charge >= 0.3 is 12.1 Å². The van der Waals surface area contributed by atoms with Crippen LogP contribution < -0.4 is 10.6 Å². The summed E-state index contributed by atoms with van der Waals surface area (Å²) in [5.41, 5.74) is 4.64. The maximum Gasteiger partial charge on any atom is 0.407 e. The number of rotatable bonds is 7. The molecule has 4 rings (SSSR count). The van der Waals surface area contributed by atoms with Crippen LogP contribution in [0.5, 0.6) is 0 Å².